The molecule has 0 bridgehead atoms. The highest BCUT2D eigenvalue weighted by Crippen LogP contribution is 2.36. The summed E-state index contributed by atoms with van der Waals surface area (Å²) in [6, 6.07) is 16.2. The van der Waals surface area contributed by atoms with Gasteiger partial charge >= 0.3 is 5.97 Å². The van der Waals surface area contributed by atoms with Crippen LogP contribution < -0.4 is 5.32 Å². The Morgan fingerprint density at radius 3 is 2.35 bits per heavy atom. The number of para-hydroxylation sites is 1. The first-order valence-corrected chi connectivity index (χ1v) is 13.7. The molecular weight excluding hydrogens is 458 g/mol. The van der Waals surface area contributed by atoms with Crippen molar-refractivity contribution in [1.82, 2.24) is 4.98 Å². The lowest BCUT2D eigenvalue weighted by Gasteiger charge is -2.20. The number of ether oxygens (including phenoxy) is 1. The number of benzene rings is 2. The van der Waals surface area contributed by atoms with Gasteiger partial charge in [0.25, 0.3) is 0 Å². The van der Waals surface area contributed by atoms with Gasteiger partial charge in [-0.1, -0.05) is 70.4 Å². The summed E-state index contributed by atoms with van der Waals surface area (Å²) in [6.07, 6.45) is 9.92. The Bertz CT molecular complexity index is 1220. The van der Waals surface area contributed by atoms with Gasteiger partial charge in [0, 0.05) is 22.9 Å². The second-order valence-electron chi connectivity index (χ2n) is 9.41. The molecular formula is C32H41N3O2. The van der Waals surface area contributed by atoms with Crippen LogP contribution in [0.15, 0.2) is 59.6 Å². The molecule has 0 saturated heterocycles. The van der Waals surface area contributed by atoms with Gasteiger partial charge in [-0.15, -0.1) is 0 Å². The van der Waals surface area contributed by atoms with Gasteiger partial charge in [-0.2, -0.15) is 0 Å². The molecule has 0 aliphatic rings. The Morgan fingerprint density at radius 1 is 1.00 bits per heavy atom. The van der Waals surface area contributed by atoms with Crippen LogP contribution in [0, 0.1) is 12.8 Å². The largest absolute Gasteiger partial charge is 0.463 e. The van der Waals surface area contributed by atoms with Gasteiger partial charge in [0.1, 0.15) is 5.69 Å². The number of hydrogen-bond acceptors (Lipinski definition) is 5. The van der Waals surface area contributed by atoms with Gasteiger partial charge in [0.2, 0.25) is 0 Å². The number of anilines is 2. The van der Waals surface area contributed by atoms with Crippen molar-refractivity contribution in [3.8, 4) is 0 Å². The number of nitrogens with zero attached hydrogens (tertiary/aromatic N) is 2. The topological polar surface area (TPSA) is 63.6 Å². The highest BCUT2D eigenvalue weighted by Gasteiger charge is 2.18. The maximum atomic E-state index is 11.6. The number of carbonyl (C=O) groups excluding carboxylic acids is 1. The summed E-state index contributed by atoms with van der Waals surface area (Å²) in [5, 5.41) is 4.66. The lowest BCUT2D eigenvalue weighted by molar-refractivity contribution is -0.137. The molecule has 0 fully saturated rings. The molecule has 1 aromatic heterocycles. The number of aliphatic imine (C=N–C) groups is 1. The summed E-state index contributed by atoms with van der Waals surface area (Å²) in [5.41, 5.74) is 6.14. The number of aromatic nitrogens is 1. The van der Waals surface area contributed by atoms with Gasteiger partial charge < -0.3 is 10.1 Å². The third-order valence-corrected chi connectivity index (χ3v) is 6.50. The number of nitrogens with one attached hydrogen (secondary N) is 1. The van der Waals surface area contributed by atoms with Crippen LogP contribution in [0.3, 0.4) is 0 Å². The second kappa shape index (κ2) is 14.3. The standard InChI is InChI=1S/C32H41N3O2/c1-6-12-25(13-7-2)28(14-8-3)34-31-23(5)27-15-10-11-16-29(27)35-32(31)33-26-20-17-24(18-21-26)19-22-30(36)37-9-4/h10-11,15-22,25H,6-9,12-14H2,1-5H3,(H,33,35)/b22-19+,34-28+. The number of hydrogen-bond donors (Lipinski definition) is 1. The van der Waals surface area contributed by atoms with Crippen molar-refractivity contribution in [2.24, 2.45) is 10.9 Å². The van der Waals surface area contributed by atoms with E-state index in [9.17, 15) is 4.79 Å². The number of fused-ring (bicyclic) bond motifs is 1. The molecule has 0 saturated carbocycles. The summed E-state index contributed by atoms with van der Waals surface area (Å²) >= 11 is 0. The van der Waals surface area contributed by atoms with Crippen LogP contribution in [-0.2, 0) is 9.53 Å². The minimum atomic E-state index is -0.338. The van der Waals surface area contributed by atoms with E-state index in [1.807, 2.05) is 36.4 Å². The summed E-state index contributed by atoms with van der Waals surface area (Å²) < 4.78 is 4.96. The molecule has 37 heavy (non-hydrogen) atoms. The van der Waals surface area contributed by atoms with E-state index in [2.05, 4.69) is 45.1 Å². The number of rotatable bonds is 13. The Balaban J connectivity index is 2.02. The summed E-state index contributed by atoms with van der Waals surface area (Å²) in [6.45, 7) is 11.1. The van der Waals surface area contributed by atoms with Gasteiger partial charge in [-0.3, -0.25) is 4.99 Å². The Labute approximate surface area is 222 Å². The average molecular weight is 500 g/mol. The molecule has 0 atom stereocenters. The average Bonchev–Trinajstić information content (AvgIpc) is 2.90. The third kappa shape index (κ3) is 7.75. The SMILES string of the molecule is CCC/C(=N\c1c(Nc2ccc(/C=C/C(=O)OCC)cc2)nc2ccccc2c1C)C(CCC)CCC. The zero-order valence-corrected chi connectivity index (χ0v) is 23.0. The molecule has 1 N–H and O–H groups in total. The second-order valence-corrected chi connectivity index (χ2v) is 9.41. The van der Waals surface area contributed by atoms with Crippen LogP contribution in [0.5, 0.6) is 0 Å². The fourth-order valence-electron chi connectivity index (χ4n) is 4.69. The van der Waals surface area contributed by atoms with E-state index in [0.29, 0.717) is 12.5 Å². The number of carbonyl (C=O) groups is 1. The van der Waals surface area contributed by atoms with Crippen molar-refractivity contribution >= 4 is 45.9 Å². The number of esters is 1. The molecule has 0 spiro atoms. The molecule has 2 aromatic carbocycles. The predicted octanol–water partition coefficient (Wildman–Crippen LogP) is 8.95. The number of pyridine rings is 1. The van der Waals surface area contributed by atoms with Gasteiger partial charge in [-0.05, 0) is 74.4 Å². The molecule has 5 nitrogen and oxygen atoms in total. The van der Waals surface area contributed by atoms with Gasteiger partial charge in [-0.25, -0.2) is 9.78 Å². The quantitative estimate of drug-likeness (QED) is 0.145. The summed E-state index contributed by atoms with van der Waals surface area (Å²) in [4.78, 5) is 22.0. The van der Waals surface area contributed by atoms with Crippen molar-refractivity contribution in [2.75, 3.05) is 11.9 Å². The third-order valence-electron chi connectivity index (χ3n) is 6.50. The lowest BCUT2D eigenvalue weighted by Crippen LogP contribution is -2.14. The molecule has 3 aromatic rings. The first-order chi connectivity index (χ1) is 18.0. The molecule has 1 heterocycles. The van der Waals surface area contributed by atoms with Crippen molar-refractivity contribution in [3.63, 3.8) is 0 Å². The number of aryl methyl sites for hydroxylation is 1. The van der Waals surface area contributed by atoms with Crippen molar-refractivity contribution in [1.29, 1.82) is 0 Å². The maximum Gasteiger partial charge on any atom is 0.330 e. The normalized spacial score (nSPS) is 12.0. The fraction of sp³-hybridized carbons (Fsp3) is 0.406. The Morgan fingerprint density at radius 2 is 1.70 bits per heavy atom. The first-order valence-electron chi connectivity index (χ1n) is 13.7. The van der Waals surface area contributed by atoms with Crippen LogP contribution >= 0.6 is 0 Å². The van der Waals surface area contributed by atoms with Crippen LogP contribution in [0.1, 0.15) is 77.3 Å². The van der Waals surface area contributed by atoms with Gasteiger partial charge in [0.05, 0.1) is 12.1 Å². The highest BCUT2D eigenvalue weighted by atomic mass is 16.5. The highest BCUT2D eigenvalue weighted by molar-refractivity contribution is 5.96. The minimum absolute atomic E-state index is 0.338. The van der Waals surface area contributed by atoms with E-state index >= 15 is 0 Å². The van der Waals surface area contributed by atoms with E-state index in [1.165, 1.54) is 11.8 Å². The Kier molecular flexibility index (Phi) is 10.9. The lowest BCUT2D eigenvalue weighted by atomic mass is 9.90. The molecule has 0 aliphatic heterocycles. The molecule has 0 radical (unpaired) electrons. The van der Waals surface area contributed by atoms with Crippen molar-refractivity contribution in [2.45, 2.75) is 73.1 Å². The molecule has 0 unspecified atom stereocenters. The van der Waals surface area contributed by atoms with Crippen LogP contribution in [0.4, 0.5) is 17.2 Å². The molecule has 0 amide bonds. The zero-order chi connectivity index (χ0) is 26.6. The van der Waals surface area contributed by atoms with Crippen LogP contribution in [0.25, 0.3) is 17.0 Å². The molecule has 0 aliphatic carbocycles. The van der Waals surface area contributed by atoms with Crippen LogP contribution in [0.2, 0.25) is 0 Å². The van der Waals surface area contributed by atoms with E-state index in [1.54, 1.807) is 13.0 Å². The van der Waals surface area contributed by atoms with E-state index in [0.717, 1.165) is 77.7 Å². The fourth-order valence-corrected chi connectivity index (χ4v) is 4.69. The van der Waals surface area contributed by atoms with Gasteiger partial charge in [0.15, 0.2) is 5.82 Å². The Hall–Kier alpha value is -3.47. The van der Waals surface area contributed by atoms with E-state index < -0.39 is 0 Å². The molecule has 3 rings (SSSR count). The van der Waals surface area contributed by atoms with Crippen molar-refractivity contribution in [3.05, 3.63) is 65.7 Å². The monoisotopic (exact) mass is 499 g/mol. The maximum absolute atomic E-state index is 11.6. The van der Waals surface area contributed by atoms with E-state index in [4.69, 9.17) is 14.7 Å². The summed E-state index contributed by atoms with van der Waals surface area (Å²) in [7, 11) is 0. The van der Waals surface area contributed by atoms with E-state index in [-0.39, 0.29) is 5.97 Å². The van der Waals surface area contributed by atoms with Crippen LogP contribution in [-0.4, -0.2) is 23.3 Å². The first kappa shape index (κ1) is 28.1. The molecule has 196 valence electrons. The summed E-state index contributed by atoms with van der Waals surface area (Å²) in [5.74, 6) is 0.931. The predicted molar refractivity (Wildman–Crippen MR) is 157 cm³/mol. The minimum Gasteiger partial charge on any atom is -0.463 e. The smallest absolute Gasteiger partial charge is 0.330 e. The van der Waals surface area contributed by atoms with Crippen molar-refractivity contribution < 1.29 is 9.53 Å². The zero-order valence-electron chi connectivity index (χ0n) is 23.0. The molecule has 5 heteroatoms.